The normalized spacial score (nSPS) is 18.4. The molecule has 1 saturated heterocycles. The molecule has 0 saturated carbocycles. The molecule has 2 aliphatic heterocycles. The molecule has 2 heterocycles. The minimum Gasteiger partial charge on any atom is -0.348 e. The van der Waals surface area contributed by atoms with E-state index in [2.05, 4.69) is 10.6 Å². The summed E-state index contributed by atoms with van der Waals surface area (Å²) in [4.78, 5) is 50.3. The van der Waals surface area contributed by atoms with Gasteiger partial charge in [0.15, 0.2) is 0 Å². The molecule has 2 aromatic rings. The van der Waals surface area contributed by atoms with Crippen molar-refractivity contribution in [2.45, 2.75) is 38.9 Å². The van der Waals surface area contributed by atoms with Gasteiger partial charge in [0.25, 0.3) is 11.8 Å². The SMILES string of the molecule is Cc1ccc(C(=O)NCc2cccc3c2CN(C2CCC(=O)NC2=O)C3=O)cc1. The Kier molecular flexibility index (Phi) is 4.88. The monoisotopic (exact) mass is 391 g/mol. The molecule has 2 N–H and O–H groups in total. The molecule has 1 atom stereocenters. The van der Waals surface area contributed by atoms with Gasteiger partial charge in [-0.05, 0) is 42.7 Å². The molecule has 0 aromatic heterocycles. The number of nitrogens with one attached hydrogen (secondary N) is 2. The topological polar surface area (TPSA) is 95.6 Å². The lowest BCUT2D eigenvalue weighted by atomic mass is 10.0. The van der Waals surface area contributed by atoms with Crippen LogP contribution in [0.4, 0.5) is 0 Å². The first-order valence-corrected chi connectivity index (χ1v) is 9.54. The van der Waals surface area contributed by atoms with Crippen LogP contribution in [-0.4, -0.2) is 34.6 Å². The van der Waals surface area contributed by atoms with Crippen molar-refractivity contribution < 1.29 is 19.2 Å². The van der Waals surface area contributed by atoms with E-state index in [1.165, 1.54) is 4.90 Å². The predicted molar refractivity (Wildman–Crippen MR) is 105 cm³/mol. The molecule has 0 spiro atoms. The Hall–Kier alpha value is -3.48. The summed E-state index contributed by atoms with van der Waals surface area (Å²) >= 11 is 0. The molecule has 0 bridgehead atoms. The standard InChI is InChI=1S/C22H21N3O4/c1-13-5-7-14(8-6-13)20(27)23-11-15-3-2-4-16-17(15)12-25(22(16)29)18-9-10-19(26)24-21(18)28/h2-8,18H,9-12H2,1H3,(H,23,27)(H,24,26,28). The number of aryl methyl sites for hydroxylation is 1. The number of amides is 4. The quantitative estimate of drug-likeness (QED) is 0.776. The summed E-state index contributed by atoms with van der Waals surface area (Å²) in [5, 5.41) is 5.20. The van der Waals surface area contributed by atoms with Crippen LogP contribution in [0.2, 0.25) is 0 Å². The molecule has 4 amide bonds. The fourth-order valence-electron chi connectivity index (χ4n) is 3.80. The summed E-state index contributed by atoms with van der Waals surface area (Å²) in [6.07, 6.45) is 0.542. The van der Waals surface area contributed by atoms with Crippen molar-refractivity contribution in [3.05, 3.63) is 70.3 Å². The molecule has 2 aliphatic rings. The van der Waals surface area contributed by atoms with Gasteiger partial charge >= 0.3 is 0 Å². The van der Waals surface area contributed by atoms with Crippen molar-refractivity contribution in [2.75, 3.05) is 0 Å². The van der Waals surface area contributed by atoms with Crippen LogP contribution >= 0.6 is 0 Å². The number of carbonyl (C=O) groups is 4. The highest BCUT2D eigenvalue weighted by atomic mass is 16.2. The van der Waals surface area contributed by atoms with Crippen molar-refractivity contribution in [3.63, 3.8) is 0 Å². The van der Waals surface area contributed by atoms with Crippen LogP contribution in [0.15, 0.2) is 42.5 Å². The zero-order chi connectivity index (χ0) is 20.5. The minimum absolute atomic E-state index is 0.186. The van der Waals surface area contributed by atoms with E-state index in [1.807, 2.05) is 25.1 Å². The Morgan fingerprint density at radius 1 is 1.14 bits per heavy atom. The molecule has 7 nitrogen and oxygen atoms in total. The largest absolute Gasteiger partial charge is 0.348 e. The van der Waals surface area contributed by atoms with Crippen molar-refractivity contribution in [1.82, 2.24) is 15.5 Å². The van der Waals surface area contributed by atoms with E-state index in [0.29, 0.717) is 17.5 Å². The van der Waals surface area contributed by atoms with Gasteiger partial charge in [-0.3, -0.25) is 24.5 Å². The van der Waals surface area contributed by atoms with Gasteiger partial charge in [0.2, 0.25) is 11.8 Å². The maximum absolute atomic E-state index is 12.8. The number of hydrogen-bond donors (Lipinski definition) is 2. The van der Waals surface area contributed by atoms with Gasteiger partial charge in [0.05, 0.1) is 0 Å². The Labute approximate surface area is 168 Å². The molecule has 148 valence electrons. The zero-order valence-electron chi connectivity index (χ0n) is 16.0. The van der Waals surface area contributed by atoms with E-state index in [4.69, 9.17) is 0 Å². The zero-order valence-corrected chi connectivity index (χ0v) is 16.0. The van der Waals surface area contributed by atoms with Gasteiger partial charge in [-0.2, -0.15) is 0 Å². The molecule has 0 aliphatic carbocycles. The van der Waals surface area contributed by atoms with Crippen molar-refractivity contribution >= 4 is 23.6 Å². The van der Waals surface area contributed by atoms with Crippen LogP contribution < -0.4 is 10.6 Å². The first-order chi connectivity index (χ1) is 13.9. The maximum Gasteiger partial charge on any atom is 0.255 e. The molecule has 1 unspecified atom stereocenters. The van der Waals surface area contributed by atoms with Gasteiger partial charge in [0.1, 0.15) is 6.04 Å². The van der Waals surface area contributed by atoms with Crippen molar-refractivity contribution in [1.29, 1.82) is 0 Å². The highest BCUT2D eigenvalue weighted by Gasteiger charge is 2.39. The summed E-state index contributed by atoms with van der Waals surface area (Å²) in [5.41, 5.74) is 3.84. The maximum atomic E-state index is 12.8. The van der Waals surface area contributed by atoms with Crippen LogP contribution in [0.1, 0.15) is 50.2 Å². The molecular formula is C22H21N3O4. The summed E-state index contributed by atoms with van der Waals surface area (Å²) in [6.45, 7) is 2.53. The van der Waals surface area contributed by atoms with Crippen molar-refractivity contribution in [2.24, 2.45) is 0 Å². The van der Waals surface area contributed by atoms with Crippen LogP contribution in [0.25, 0.3) is 0 Å². The molecule has 2 aromatic carbocycles. The van der Waals surface area contributed by atoms with E-state index in [0.717, 1.165) is 16.7 Å². The Bertz CT molecular complexity index is 1010. The first kappa shape index (κ1) is 18.9. The fourth-order valence-corrected chi connectivity index (χ4v) is 3.80. The predicted octanol–water partition coefficient (Wildman–Crippen LogP) is 1.69. The highest BCUT2D eigenvalue weighted by Crippen LogP contribution is 2.29. The van der Waals surface area contributed by atoms with E-state index in [1.54, 1.807) is 24.3 Å². The molecule has 29 heavy (non-hydrogen) atoms. The number of benzene rings is 2. The van der Waals surface area contributed by atoms with Gasteiger partial charge in [-0.1, -0.05) is 29.8 Å². The lowest BCUT2D eigenvalue weighted by molar-refractivity contribution is -0.136. The van der Waals surface area contributed by atoms with Crippen LogP contribution in [0.5, 0.6) is 0 Å². The third-order valence-electron chi connectivity index (χ3n) is 5.43. The van der Waals surface area contributed by atoms with Crippen LogP contribution in [0, 0.1) is 6.92 Å². The minimum atomic E-state index is -0.650. The van der Waals surface area contributed by atoms with Crippen molar-refractivity contribution in [3.8, 4) is 0 Å². The van der Waals surface area contributed by atoms with E-state index >= 15 is 0 Å². The molecule has 1 fully saturated rings. The average molecular weight is 391 g/mol. The molecule has 7 heteroatoms. The van der Waals surface area contributed by atoms with Gasteiger partial charge in [0, 0.05) is 30.6 Å². The van der Waals surface area contributed by atoms with Crippen LogP contribution in [-0.2, 0) is 22.7 Å². The van der Waals surface area contributed by atoms with E-state index in [9.17, 15) is 19.2 Å². The van der Waals surface area contributed by atoms with Crippen LogP contribution in [0.3, 0.4) is 0 Å². The highest BCUT2D eigenvalue weighted by molar-refractivity contribution is 6.05. The lowest BCUT2D eigenvalue weighted by Gasteiger charge is -2.29. The number of nitrogens with zero attached hydrogens (tertiary/aromatic N) is 1. The second-order valence-corrected chi connectivity index (χ2v) is 7.39. The van der Waals surface area contributed by atoms with Gasteiger partial charge < -0.3 is 10.2 Å². The summed E-state index contributed by atoms with van der Waals surface area (Å²) in [7, 11) is 0. The number of carbonyl (C=O) groups excluding carboxylic acids is 4. The number of fused-ring (bicyclic) bond motifs is 1. The third kappa shape index (κ3) is 3.63. The second-order valence-electron chi connectivity index (χ2n) is 7.39. The molecule has 0 radical (unpaired) electrons. The fraction of sp³-hybridized carbons (Fsp3) is 0.273. The lowest BCUT2D eigenvalue weighted by Crippen LogP contribution is -2.52. The smallest absolute Gasteiger partial charge is 0.255 e. The number of imide groups is 1. The summed E-state index contributed by atoms with van der Waals surface area (Å²) < 4.78 is 0. The number of piperidine rings is 1. The van der Waals surface area contributed by atoms with Gasteiger partial charge in [-0.25, -0.2) is 0 Å². The first-order valence-electron chi connectivity index (χ1n) is 9.54. The summed E-state index contributed by atoms with van der Waals surface area (Å²) in [6, 6.07) is 12.0. The Morgan fingerprint density at radius 3 is 2.62 bits per heavy atom. The third-order valence-corrected chi connectivity index (χ3v) is 5.43. The van der Waals surface area contributed by atoms with E-state index in [-0.39, 0.29) is 37.2 Å². The second kappa shape index (κ2) is 7.50. The Morgan fingerprint density at radius 2 is 1.90 bits per heavy atom. The Balaban J connectivity index is 1.49. The molecular weight excluding hydrogens is 370 g/mol. The summed E-state index contributed by atoms with van der Waals surface area (Å²) in [5.74, 6) is -1.15. The average Bonchev–Trinajstić information content (AvgIpc) is 3.04. The van der Waals surface area contributed by atoms with Gasteiger partial charge in [-0.15, -0.1) is 0 Å². The number of hydrogen-bond acceptors (Lipinski definition) is 4. The van der Waals surface area contributed by atoms with E-state index < -0.39 is 11.9 Å². The number of rotatable bonds is 4. The molecule has 4 rings (SSSR count).